The lowest BCUT2D eigenvalue weighted by Gasteiger charge is -2.42. The molecule has 3 nitrogen and oxygen atoms in total. The van der Waals surface area contributed by atoms with E-state index in [1.165, 1.54) is 0 Å². The molecule has 3 heteroatoms. The van der Waals surface area contributed by atoms with E-state index >= 15 is 0 Å². The van der Waals surface area contributed by atoms with Crippen molar-refractivity contribution < 1.29 is 4.79 Å². The van der Waals surface area contributed by atoms with Crippen LogP contribution < -0.4 is 5.73 Å². The van der Waals surface area contributed by atoms with Crippen LogP contribution in [0.2, 0.25) is 0 Å². The van der Waals surface area contributed by atoms with Crippen molar-refractivity contribution in [3.63, 3.8) is 0 Å². The predicted molar refractivity (Wildman–Crippen MR) is 62.4 cm³/mol. The van der Waals surface area contributed by atoms with Gasteiger partial charge in [-0.15, -0.1) is 0 Å². The Bertz CT molecular complexity index is 236. The smallest absolute Gasteiger partial charge is 0.222 e. The van der Waals surface area contributed by atoms with E-state index in [-0.39, 0.29) is 17.4 Å². The van der Waals surface area contributed by atoms with Gasteiger partial charge in [-0.1, -0.05) is 27.7 Å². The Morgan fingerprint density at radius 2 is 2.13 bits per heavy atom. The minimum atomic E-state index is 0.113. The molecule has 1 unspecified atom stereocenters. The fourth-order valence-corrected chi connectivity index (χ4v) is 1.89. The van der Waals surface area contributed by atoms with Crippen molar-refractivity contribution in [2.45, 2.75) is 46.6 Å². The molecular formula is C12H24N2O. The first-order valence-electron chi connectivity index (χ1n) is 5.86. The van der Waals surface area contributed by atoms with E-state index < -0.39 is 0 Å². The largest absolute Gasteiger partial charge is 0.341 e. The molecule has 0 bridgehead atoms. The molecule has 1 atom stereocenters. The van der Waals surface area contributed by atoms with Crippen LogP contribution in [0.5, 0.6) is 0 Å². The number of piperidine rings is 1. The summed E-state index contributed by atoms with van der Waals surface area (Å²) in [5.41, 5.74) is 6.25. The van der Waals surface area contributed by atoms with Crippen molar-refractivity contribution in [1.82, 2.24) is 4.90 Å². The van der Waals surface area contributed by atoms with Crippen molar-refractivity contribution in [2.75, 3.05) is 13.1 Å². The van der Waals surface area contributed by atoms with Gasteiger partial charge in [-0.2, -0.15) is 0 Å². The summed E-state index contributed by atoms with van der Waals surface area (Å²) >= 11 is 0. The molecule has 0 saturated carbocycles. The van der Waals surface area contributed by atoms with Crippen LogP contribution in [0.3, 0.4) is 0 Å². The first kappa shape index (κ1) is 12.5. The highest BCUT2D eigenvalue weighted by atomic mass is 16.2. The highest BCUT2D eigenvalue weighted by Gasteiger charge is 2.34. The van der Waals surface area contributed by atoms with Gasteiger partial charge in [0.15, 0.2) is 0 Å². The summed E-state index contributed by atoms with van der Waals surface area (Å²) in [5, 5.41) is 0. The van der Waals surface area contributed by atoms with Gasteiger partial charge in [0.05, 0.1) is 0 Å². The second-order valence-corrected chi connectivity index (χ2v) is 5.78. The van der Waals surface area contributed by atoms with E-state index in [1.807, 2.05) is 4.90 Å². The molecule has 0 aromatic rings. The standard InChI is InChI=1S/C12H24N2O/c1-9(2)7-11(15)14-6-5-12(3,4)10(13)8-14/h9-10H,5-8,13H2,1-4H3. The van der Waals surface area contributed by atoms with Crippen LogP contribution in [0.25, 0.3) is 0 Å². The van der Waals surface area contributed by atoms with E-state index in [0.29, 0.717) is 12.3 Å². The van der Waals surface area contributed by atoms with E-state index in [9.17, 15) is 4.79 Å². The Morgan fingerprint density at radius 3 is 2.60 bits per heavy atom. The van der Waals surface area contributed by atoms with E-state index in [1.54, 1.807) is 0 Å². The average molecular weight is 212 g/mol. The Hall–Kier alpha value is -0.570. The summed E-state index contributed by atoms with van der Waals surface area (Å²) in [4.78, 5) is 13.8. The molecule has 1 amide bonds. The molecular weight excluding hydrogens is 188 g/mol. The van der Waals surface area contributed by atoms with Crippen molar-refractivity contribution in [3.8, 4) is 0 Å². The van der Waals surface area contributed by atoms with Crippen molar-refractivity contribution in [2.24, 2.45) is 17.1 Å². The van der Waals surface area contributed by atoms with Crippen LogP contribution in [-0.2, 0) is 4.79 Å². The first-order chi connectivity index (χ1) is 6.83. The summed E-state index contributed by atoms with van der Waals surface area (Å²) in [7, 11) is 0. The van der Waals surface area contributed by atoms with Crippen LogP contribution in [0, 0.1) is 11.3 Å². The number of carbonyl (C=O) groups is 1. The third kappa shape index (κ3) is 3.20. The predicted octanol–water partition coefficient (Wildman–Crippen LogP) is 1.62. The Morgan fingerprint density at radius 1 is 1.53 bits per heavy atom. The SMILES string of the molecule is CC(C)CC(=O)N1CCC(C)(C)C(N)C1. The number of rotatable bonds is 2. The molecule has 88 valence electrons. The average Bonchev–Trinajstić information content (AvgIpc) is 2.08. The van der Waals surface area contributed by atoms with Gasteiger partial charge in [0.2, 0.25) is 5.91 Å². The molecule has 0 aliphatic carbocycles. The van der Waals surface area contributed by atoms with Gasteiger partial charge in [-0.3, -0.25) is 4.79 Å². The van der Waals surface area contributed by atoms with Crippen LogP contribution in [-0.4, -0.2) is 29.9 Å². The molecule has 0 radical (unpaired) electrons. The summed E-state index contributed by atoms with van der Waals surface area (Å²) in [6.45, 7) is 10.1. The molecule has 0 aromatic heterocycles. The molecule has 0 aromatic carbocycles. The molecule has 1 rings (SSSR count). The molecule has 1 saturated heterocycles. The third-order valence-corrected chi connectivity index (χ3v) is 3.38. The minimum absolute atomic E-state index is 0.113. The van der Waals surface area contributed by atoms with Crippen LogP contribution in [0.15, 0.2) is 0 Å². The molecule has 1 aliphatic rings. The zero-order valence-electron chi connectivity index (χ0n) is 10.4. The summed E-state index contributed by atoms with van der Waals surface area (Å²) < 4.78 is 0. The van der Waals surface area contributed by atoms with Crippen molar-refractivity contribution >= 4 is 5.91 Å². The number of hydrogen-bond donors (Lipinski definition) is 1. The minimum Gasteiger partial charge on any atom is -0.341 e. The number of likely N-dealkylation sites (tertiary alicyclic amines) is 1. The quantitative estimate of drug-likeness (QED) is 0.756. The third-order valence-electron chi connectivity index (χ3n) is 3.38. The number of nitrogens with zero attached hydrogens (tertiary/aromatic N) is 1. The lowest BCUT2D eigenvalue weighted by molar-refractivity contribution is -0.134. The number of amides is 1. The van der Waals surface area contributed by atoms with Crippen molar-refractivity contribution in [1.29, 1.82) is 0 Å². The maximum absolute atomic E-state index is 11.8. The number of carbonyl (C=O) groups excluding carboxylic acids is 1. The lowest BCUT2D eigenvalue weighted by Crippen LogP contribution is -2.54. The first-order valence-corrected chi connectivity index (χ1v) is 5.86. The van der Waals surface area contributed by atoms with E-state index in [2.05, 4.69) is 27.7 Å². The Balaban J connectivity index is 2.51. The summed E-state index contributed by atoms with van der Waals surface area (Å²) in [5.74, 6) is 0.694. The molecule has 0 spiro atoms. The molecule has 15 heavy (non-hydrogen) atoms. The van der Waals surface area contributed by atoms with E-state index in [4.69, 9.17) is 5.73 Å². The van der Waals surface area contributed by atoms with Gasteiger partial charge in [0.25, 0.3) is 0 Å². The van der Waals surface area contributed by atoms with Crippen LogP contribution >= 0.6 is 0 Å². The molecule has 1 aliphatic heterocycles. The highest BCUT2D eigenvalue weighted by molar-refractivity contribution is 5.76. The normalized spacial score (nSPS) is 25.7. The number of nitrogens with two attached hydrogens (primary N) is 1. The van der Waals surface area contributed by atoms with Gasteiger partial charge in [-0.25, -0.2) is 0 Å². The number of hydrogen-bond acceptors (Lipinski definition) is 2. The molecule has 2 N–H and O–H groups in total. The topological polar surface area (TPSA) is 46.3 Å². The fourth-order valence-electron chi connectivity index (χ4n) is 1.89. The molecule has 1 fully saturated rings. The van der Waals surface area contributed by atoms with Crippen LogP contribution in [0.1, 0.15) is 40.5 Å². The zero-order chi connectivity index (χ0) is 11.6. The van der Waals surface area contributed by atoms with Crippen molar-refractivity contribution in [3.05, 3.63) is 0 Å². The van der Waals surface area contributed by atoms with Gasteiger partial charge >= 0.3 is 0 Å². The maximum atomic E-state index is 11.8. The van der Waals surface area contributed by atoms with E-state index in [0.717, 1.165) is 19.5 Å². The van der Waals surface area contributed by atoms with Crippen LogP contribution in [0.4, 0.5) is 0 Å². The monoisotopic (exact) mass is 212 g/mol. The Labute approximate surface area is 93.0 Å². The highest BCUT2D eigenvalue weighted by Crippen LogP contribution is 2.29. The second-order valence-electron chi connectivity index (χ2n) is 5.78. The van der Waals surface area contributed by atoms with Gasteiger partial charge in [0.1, 0.15) is 0 Å². The molecule has 1 heterocycles. The fraction of sp³-hybridized carbons (Fsp3) is 0.917. The summed E-state index contributed by atoms with van der Waals surface area (Å²) in [6, 6.07) is 0.113. The van der Waals surface area contributed by atoms with Gasteiger partial charge in [0, 0.05) is 25.6 Å². The Kier molecular flexibility index (Phi) is 3.77. The zero-order valence-corrected chi connectivity index (χ0v) is 10.4. The van der Waals surface area contributed by atoms with Gasteiger partial charge in [-0.05, 0) is 17.8 Å². The van der Waals surface area contributed by atoms with Gasteiger partial charge < -0.3 is 10.6 Å². The second kappa shape index (κ2) is 4.52. The maximum Gasteiger partial charge on any atom is 0.222 e. The lowest BCUT2D eigenvalue weighted by atomic mass is 9.78. The summed E-state index contributed by atoms with van der Waals surface area (Å²) in [6.07, 6.45) is 1.66.